The van der Waals surface area contributed by atoms with Gasteiger partial charge < -0.3 is 10.1 Å². The maximum atomic E-state index is 12.6. The van der Waals surface area contributed by atoms with Crippen LogP contribution in [0.1, 0.15) is 42.1 Å². The number of anilines is 1. The number of rotatable bonds is 5. The Labute approximate surface area is 173 Å². The van der Waals surface area contributed by atoms with Gasteiger partial charge in [-0.2, -0.15) is 0 Å². The van der Waals surface area contributed by atoms with E-state index in [4.69, 9.17) is 4.74 Å². The summed E-state index contributed by atoms with van der Waals surface area (Å²) in [5, 5.41) is 2.74. The van der Waals surface area contributed by atoms with E-state index in [2.05, 4.69) is 5.32 Å². The second-order valence-electron chi connectivity index (χ2n) is 7.83. The Morgan fingerprint density at radius 2 is 1.77 bits per heavy atom. The average molecular weight is 410 g/mol. The normalized spacial score (nSPS) is 23.5. The molecule has 4 rings (SSSR count). The number of ketones is 1. The van der Waals surface area contributed by atoms with Crippen molar-refractivity contribution in [2.24, 2.45) is 11.8 Å². The number of nitrogens with one attached hydrogen (secondary N) is 1. The molecule has 3 atom stereocenters. The Morgan fingerprint density at radius 1 is 1.10 bits per heavy atom. The van der Waals surface area contributed by atoms with Crippen molar-refractivity contribution in [3.63, 3.8) is 0 Å². The van der Waals surface area contributed by atoms with Gasteiger partial charge in [-0.3, -0.25) is 24.1 Å². The number of benzene rings is 1. The van der Waals surface area contributed by atoms with Crippen LogP contribution < -0.4 is 5.32 Å². The molecule has 0 saturated carbocycles. The zero-order valence-electron chi connectivity index (χ0n) is 16.6. The fourth-order valence-corrected chi connectivity index (χ4v) is 4.21. The molecule has 2 aliphatic heterocycles. The van der Waals surface area contributed by atoms with Gasteiger partial charge in [0, 0.05) is 17.7 Å². The molecule has 156 valence electrons. The summed E-state index contributed by atoms with van der Waals surface area (Å²) in [6.45, 7) is 0.952. The summed E-state index contributed by atoms with van der Waals surface area (Å²) in [6, 6.07) is 3.82. The largest absolute Gasteiger partial charge is 0.456 e. The number of carbonyl (C=O) groups is 5. The van der Waals surface area contributed by atoms with Gasteiger partial charge in [-0.25, -0.2) is 4.79 Å². The Balaban J connectivity index is 1.37. The number of aryl methyl sites for hydroxylation is 1. The molecule has 8 heteroatoms. The lowest BCUT2D eigenvalue weighted by Gasteiger charge is -2.21. The van der Waals surface area contributed by atoms with Gasteiger partial charge >= 0.3 is 5.97 Å². The predicted octanol–water partition coefficient (Wildman–Crippen LogP) is 1.64. The van der Waals surface area contributed by atoms with E-state index in [0.717, 1.165) is 10.5 Å². The van der Waals surface area contributed by atoms with Crippen molar-refractivity contribution in [2.45, 2.75) is 38.6 Å². The van der Waals surface area contributed by atoms with Gasteiger partial charge in [-0.05, 0) is 49.9 Å². The molecule has 1 aliphatic carbocycles. The number of hydrogen-bond acceptors (Lipinski definition) is 6. The number of Topliss-reactive ketones (excluding diaryl/α,β-unsaturated/α-hetero) is 1. The van der Waals surface area contributed by atoms with Crippen LogP contribution in [0.4, 0.5) is 5.69 Å². The minimum atomic E-state index is -1.08. The molecule has 1 aromatic rings. The molecule has 3 amide bonds. The molecule has 0 unspecified atom stereocenters. The molecule has 1 fully saturated rings. The molecule has 1 saturated heterocycles. The molecule has 30 heavy (non-hydrogen) atoms. The fraction of sp³-hybridized carbons (Fsp3) is 0.409. The molecule has 0 radical (unpaired) electrons. The van der Waals surface area contributed by atoms with Crippen LogP contribution >= 0.6 is 0 Å². The van der Waals surface area contributed by atoms with E-state index in [1.807, 2.05) is 12.2 Å². The molecular weight excluding hydrogens is 388 g/mol. The molecule has 0 bridgehead atoms. The topological polar surface area (TPSA) is 110 Å². The van der Waals surface area contributed by atoms with E-state index in [9.17, 15) is 24.0 Å². The number of esters is 1. The Kier molecular flexibility index (Phi) is 5.24. The number of amides is 3. The Hall–Kier alpha value is -3.29. The van der Waals surface area contributed by atoms with Gasteiger partial charge in [-0.1, -0.05) is 12.2 Å². The summed E-state index contributed by atoms with van der Waals surface area (Å²) in [5.74, 6) is -2.81. The minimum absolute atomic E-state index is 0.0638. The number of likely N-dealkylation sites (tertiary alicyclic amines) is 1. The molecule has 2 heterocycles. The van der Waals surface area contributed by atoms with Crippen LogP contribution in [-0.2, 0) is 30.3 Å². The first-order valence-electron chi connectivity index (χ1n) is 10.0. The van der Waals surface area contributed by atoms with Crippen LogP contribution in [0.3, 0.4) is 0 Å². The maximum absolute atomic E-state index is 12.6. The summed E-state index contributed by atoms with van der Waals surface area (Å²) in [5.41, 5.74) is 1.90. The van der Waals surface area contributed by atoms with E-state index in [0.29, 0.717) is 36.9 Å². The van der Waals surface area contributed by atoms with Crippen LogP contribution in [0.5, 0.6) is 0 Å². The van der Waals surface area contributed by atoms with Crippen LogP contribution in [-0.4, -0.2) is 47.0 Å². The van der Waals surface area contributed by atoms with Crippen LogP contribution in [0.2, 0.25) is 0 Å². The highest BCUT2D eigenvalue weighted by Gasteiger charge is 2.50. The molecule has 8 nitrogen and oxygen atoms in total. The third-order valence-corrected chi connectivity index (χ3v) is 5.94. The molecular formula is C22H22N2O6. The first-order chi connectivity index (χ1) is 14.4. The van der Waals surface area contributed by atoms with Crippen LogP contribution in [0.15, 0.2) is 30.4 Å². The van der Waals surface area contributed by atoms with Gasteiger partial charge in [0.05, 0.1) is 11.8 Å². The highest BCUT2D eigenvalue weighted by atomic mass is 16.5. The minimum Gasteiger partial charge on any atom is -0.456 e. The third-order valence-electron chi connectivity index (χ3n) is 5.94. The maximum Gasteiger partial charge on any atom is 0.329 e. The van der Waals surface area contributed by atoms with E-state index >= 15 is 0 Å². The first kappa shape index (κ1) is 20.0. The monoisotopic (exact) mass is 410 g/mol. The van der Waals surface area contributed by atoms with Gasteiger partial charge in [0.2, 0.25) is 17.7 Å². The highest BCUT2D eigenvalue weighted by Crippen LogP contribution is 2.36. The second kappa shape index (κ2) is 7.85. The number of fused-ring (bicyclic) bond motifs is 2. The lowest BCUT2D eigenvalue weighted by molar-refractivity contribution is -0.157. The van der Waals surface area contributed by atoms with E-state index in [1.54, 1.807) is 18.2 Å². The van der Waals surface area contributed by atoms with Gasteiger partial charge in [0.25, 0.3) is 0 Å². The van der Waals surface area contributed by atoms with E-state index in [-0.39, 0.29) is 17.7 Å². The number of carbonyl (C=O) groups excluding carboxylic acids is 5. The van der Waals surface area contributed by atoms with Crippen molar-refractivity contribution in [1.82, 2.24) is 4.90 Å². The smallest absolute Gasteiger partial charge is 0.329 e. The molecule has 1 aromatic carbocycles. The molecule has 0 spiro atoms. The van der Waals surface area contributed by atoms with Gasteiger partial charge in [-0.15, -0.1) is 0 Å². The summed E-state index contributed by atoms with van der Waals surface area (Å²) in [7, 11) is 0. The Bertz CT molecular complexity index is 956. The zero-order chi connectivity index (χ0) is 21.4. The van der Waals surface area contributed by atoms with Crippen molar-refractivity contribution in [3.05, 3.63) is 41.5 Å². The van der Waals surface area contributed by atoms with Crippen molar-refractivity contribution in [3.8, 4) is 0 Å². The summed E-state index contributed by atoms with van der Waals surface area (Å²) in [6.07, 6.45) is 5.63. The third kappa shape index (κ3) is 3.53. The number of nitrogens with zero attached hydrogens (tertiary/aromatic N) is 1. The fourth-order valence-electron chi connectivity index (χ4n) is 4.21. The van der Waals surface area contributed by atoms with E-state index < -0.39 is 36.2 Å². The van der Waals surface area contributed by atoms with Crippen LogP contribution in [0, 0.1) is 11.8 Å². The summed E-state index contributed by atoms with van der Waals surface area (Å²) in [4.78, 5) is 62.5. The summed E-state index contributed by atoms with van der Waals surface area (Å²) >= 11 is 0. The first-order valence-corrected chi connectivity index (χ1v) is 10.0. The SMILES string of the molecule is C[C@@H](C(=O)OCC(=O)c1ccc2c(c1)CCC(=O)N2)N1C(=O)[C@H]2CC=CC[C@H]2C1=O. The van der Waals surface area contributed by atoms with Crippen molar-refractivity contribution in [1.29, 1.82) is 0 Å². The highest BCUT2D eigenvalue weighted by molar-refractivity contribution is 6.08. The lowest BCUT2D eigenvalue weighted by atomic mass is 9.85. The number of allylic oxidation sites excluding steroid dienone is 2. The van der Waals surface area contributed by atoms with Crippen molar-refractivity contribution < 1.29 is 28.7 Å². The number of ether oxygens (including phenoxy) is 1. The number of hydrogen-bond donors (Lipinski definition) is 1. The quantitative estimate of drug-likeness (QED) is 0.342. The molecule has 0 aromatic heterocycles. The van der Waals surface area contributed by atoms with Crippen molar-refractivity contribution in [2.75, 3.05) is 11.9 Å². The lowest BCUT2D eigenvalue weighted by Crippen LogP contribution is -2.44. The zero-order valence-corrected chi connectivity index (χ0v) is 16.6. The second-order valence-corrected chi connectivity index (χ2v) is 7.83. The van der Waals surface area contributed by atoms with Crippen LogP contribution in [0.25, 0.3) is 0 Å². The average Bonchev–Trinajstić information content (AvgIpc) is 3.01. The van der Waals surface area contributed by atoms with Gasteiger partial charge in [0.1, 0.15) is 6.04 Å². The predicted molar refractivity (Wildman–Crippen MR) is 105 cm³/mol. The Morgan fingerprint density at radius 3 is 2.43 bits per heavy atom. The van der Waals surface area contributed by atoms with E-state index in [1.165, 1.54) is 6.92 Å². The molecule has 3 aliphatic rings. The molecule has 1 N–H and O–H groups in total. The summed E-state index contributed by atoms with van der Waals surface area (Å²) < 4.78 is 5.12. The standard InChI is InChI=1S/C22H22N2O6/c1-12(24-20(27)15-4-2-3-5-16(15)21(24)28)22(29)30-11-18(25)14-6-8-17-13(10-14)7-9-19(26)23-17/h2-3,6,8,10,12,15-16H,4-5,7,9,11H2,1H3,(H,23,26)/t12-,15-,16+/m0/s1. The number of imide groups is 1. The van der Waals surface area contributed by atoms with Gasteiger partial charge in [0.15, 0.2) is 12.4 Å². The van der Waals surface area contributed by atoms with Crippen molar-refractivity contribution >= 4 is 35.2 Å².